The summed E-state index contributed by atoms with van der Waals surface area (Å²) in [5.41, 5.74) is 3.36. The van der Waals surface area contributed by atoms with Gasteiger partial charge in [0.15, 0.2) is 0 Å². The first-order valence-corrected chi connectivity index (χ1v) is 6.59. The molecule has 0 amide bonds. The summed E-state index contributed by atoms with van der Waals surface area (Å²) >= 11 is 6.11. The summed E-state index contributed by atoms with van der Waals surface area (Å²) in [5.74, 6) is 0.655. The van der Waals surface area contributed by atoms with Gasteiger partial charge in [0.2, 0.25) is 0 Å². The number of hydrogen-bond acceptors (Lipinski definition) is 3. The van der Waals surface area contributed by atoms with E-state index in [1.165, 1.54) is 0 Å². The molecule has 0 bridgehead atoms. The molecule has 2 rings (SSSR count). The van der Waals surface area contributed by atoms with Gasteiger partial charge in [0.05, 0.1) is 18.4 Å². The van der Waals surface area contributed by atoms with E-state index >= 15 is 0 Å². The number of halogens is 1. The van der Waals surface area contributed by atoms with E-state index in [1.54, 1.807) is 19.2 Å². The number of anilines is 1. The Hall–Kier alpha value is -2.18. The van der Waals surface area contributed by atoms with Gasteiger partial charge in [-0.2, -0.15) is 5.26 Å². The van der Waals surface area contributed by atoms with Gasteiger partial charge in [-0.3, -0.25) is 0 Å². The molecule has 2 aromatic carbocycles. The highest BCUT2D eigenvalue weighted by atomic mass is 35.5. The van der Waals surface area contributed by atoms with Crippen LogP contribution in [0.5, 0.6) is 5.75 Å². The molecule has 0 spiro atoms. The first kappa shape index (κ1) is 14.2. The smallest absolute Gasteiger partial charge is 0.143 e. The maximum Gasteiger partial charge on any atom is 0.143 e. The topological polar surface area (TPSA) is 45.0 Å². The standard InChI is InChI=1S/C16H15ClN2O/c1-11-6-7-12(8-14(11)17)10-19-16-13(9-18)4-3-5-15(16)20-2/h3-8,19H,10H2,1-2H3. The first-order chi connectivity index (χ1) is 9.65. The van der Waals surface area contributed by atoms with E-state index in [9.17, 15) is 0 Å². The van der Waals surface area contributed by atoms with Crippen molar-refractivity contribution in [2.75, 3.05) is 12.4 Å². The molecule has 4 heteroatoms. The predicted octanol–water partition coefficient (Wildman–Crippen LogP) is 4.14. The average molecular weight is 287 g/mol. The number of nitrogens with one attached hydrogen (secondary N) is 1. The van der Waals surface area contributed by atoms with Crippen LogP contribution in [0.15, 0.2) is 36.4 Å². The van der Waals surface area contributed by atoms with E-state index in [0.717, 1.165) is 16.1 Å². The summed E-state index contributed by atoms with van der Waals surface area (Å²) in [7, 11) is 1.59. The second kappa shape index (κ2) is 6.31. The van der Waals surface area contributed by atoms with E-state index < -0.39 is 0 Å². The zero-order chi connectivity index (χ0) is 14.5. The number of aryl methyl sites for hydroxylation is 1. The lowest BCUT2D eigenvalue weighted by atomic mass is 10.1. The molecule has 0 atom stereocenters. The Bertz CT molecular complexity index is 662. The normalized spacial score (nSPS) is 9.90. The van der Waals surface area contributed by atoms with Crippen LogP contribution in [0.25, 0.3) is 0 Å². The number of methoxy groups -OCH3 is 1. The van der Waals surface area contributed by atoms with Crippen LogP contribution in [0.1, 0.15) is 16.7 Å². The lowest BCUT2D eigenvalue weighted by molar-refractivity contribution is 0.416. The van der Waals surface area contributed by atoms with Gasteiger partial charge < -0.3 is 10.1 Å². The molecule has 0 aliphatic heterocycles. The van der Waals surface area contributed by atoms with Crippen LogP contribution in [0.4, 0.5) is 5.69 Å². The van der Waals surface area contributed by atoms with Gasteiger partial charge in [-0.05, 0) is 36.2 Å². The van der Waals surface area contributed by atoms with Gasteiger partial charge in [-0.25, -0.2) is 0 Å². The summed E-state index contributed by atoms with van der Waals surface area (Å²) < 4.78 is 5.28. The van der Waals surface area contributed by atoms with Gasteiger partial charge in [-0.1, -0.05) is 29.8 Å². The molecule has 0 fully saturated rings. The van der Waals surface area contributed by atoms with Gasteiger partial charge in [0, 0.05) is 11.6 Å². The van der Waals surface area contributed by atoms with E-state index in [1.807, 2.05) is 31.2 Å². The minimum absolute atomic E-state index is 0.558. The van der Waals surface area contributed by atoms with Crippen molar-refractivity contribution in [2.24, 2.45) is 0 Å². The molecule has 3 nitrogen and oxygen atoms in total. The highest BCUT2D eigenvalue weighted by molar-refractivity contribution is 6.31. The Labute approximate surface area is 123 Å². The molecule has 0 unspecified atom stereocenters. The van der Waals surface area contributed by atoms with Crippen molar-refractivity contribution in [1.82, 2.24) is 0 Å². The van der Waals surface area contributed by atoms with Crippen LogP contribution in [0.2, 0.25) is 5.02 Å². The maximum absolute atomic E-state index is 9.15. The molecule has 0 heterocycles. The zero-order valence-electron chi connectivity index (χ0n) is 11.4. The fourth-order valence-electron chi connectivity index (χ4n) is 1.91. The Morgan fingerprint density at radius 2 is 2.10 bits per heavy atom. The number of para-hydroxylation sites is 1. The molecule has 0 aliphatic rings. The van der Waals surface area contributed by atoms with Crippen molar-refractivity contribution >= 4 is 17.3 Å². The van der Waals surface area contributed by atoms with Crippen LogP contribution in [-0.4, -0.2) is 7.11 Å². The van der Waals surface area contributed by atoms with Crippen molar-refractivity contribution in [1.29, 1.82) is 5.26 Å². The monoisotopic (exact) mass is 286 g/mol. The molecular weight excluding hydrogens is 272 g/mol. The molecule has 0 saturated carbocycles. The van der Waals surface area contributed by atoms with Crippen molar-refractivity contribution in [3.05, 3.63) is 58.1 Å². The summed E-state index contributed by atoms with van der Waals surface area (Å²) in [6, 6.07) is 13.4. The highest BCUT2D eigenvalue weighted by Crippen LogP contribution is 2.28. The third-order valence-electron chi connectivity index (χ3n) is 3.07. The van der Waals surface area contributed by atoms with Crippen molar-refractivity contribution in [2.45, 2.75) is 13.5 Å². The van der Waals surface area contributed by atoms with Gasteiger partial charge in [-0.15, -0.1) is 0 Å². The Kier molecular flexibility index (Phi) is 4.49. The van der Waals surface area contributed by atoms with Gasteiger partial charge in [0.1, 0.15) is 11.8 Å². The molecule has 2 aromatic rings. The van der Waals surface area contributed by atoms with Crippen molar-refractivity contribution in [3.63, 3.8) is 0 Å². The van der Waals surface area contributed by atoms with Crippen LogP contribution in [0.3, 0.4) is 0 Å². The number of nitriles is 1. The molecule has 0 radical (unpaired) electrons. The van der Waals surface area contributed by atoms with E-state index in [0.29, 0.717) is 23.5 Å². The second-order valence-corrected chi connectivity index (χ2v) is 4.84. The third-order valence-corrected chi connectivity index (χ3v) is 3.48. The average Bonchev–Trinajstić information content (AvgIpc) is 2.48. The number of hydrogen-bond donors (Lipinski definition) is 1. The minimum atomic E-state index is 0.558. The van der Waals surface area contributed by atoms with Crippen LogP contribution < -0.4 is 10.1 Å². The van der Waals surface area contributed by atoms with Crippen LogP contribution in [-0.2, 0) is 6.54 Å². The zero-order valence-corrected chi connectivity index (χ0v) is 12.2. The molecule has 102 valence electrons. The number of nitrogens with zero attached hydrogens (tertiary/aromatic N) is 1. The molecule has 1 N–H and O–H groups in total. The molecular formula is C16H15ClN2O. The molecule has 0 saturated heterocycles. The summed E-state index contributed by atoms with van der Waals surface area (Å²) in [4.78, 5) is 0. The number of rotatable bonds is 4. The SMILES string of the molecule is COc1cccc(C#N)c1NCc1ccc(C)c(Cl)c1. The quantitative estimate of drug-likeness (QED) is 0.919. The van der Waals surface area contributed by atoms with Crippen molar-refractivity contribution in [3.8, 4) is 11.8 Å². The predicted molar refractivity (Wildman–Crippen MR) is 81.2 cm³/mol. The van der Waals surface area contributed by atoms with E-state index in [-0.39, 0.29) is 0 Å². The Morgan fingerprint density at radius 3 is 2.75 bits per heavy atom. The summed E-state index contributed by atoms with van der Waals surface area (Å²) in [5, 5.41) is 13.1. The lowest BCUT2D eigenvalue weighted by Crippen LogP contribution is -2.03. The van der Waals surface area contributed by atoms with Gasteiger partial charge in [0.25, 0.3) is 0 Å². The summed E-state index contributed by atoms with van der Waals surface area (Å²) in [6.07, 6.45) is 0. The van der Waals surface area contributed by atoms with E-state index in [2.05, 4.69) is 11.4 Å². The largest absolute Gasteiger partial charge is 0.495 e. The lowest BCUT2D eigenvalue weighted by Gasteiger charge is -2.13. The first-order valence-electron chi connectivity index (χ1n) is 6.21. The molecule has 20 heavy (non-hydrogen) atoms. The van der Waals surface area contributed by atoms with Crippen molar-refractivity contribution < 1.29 is 4.74 Å². The van der Waals surface area contributed by atoms with Gasteiger partial charge >= 0.3 is 0 Å². The molecule has 0 aliphatic carbocycles. The minimum Gasteiger partial charge on any atom is -0.495 e. The van der Waals surface area contributed by atoms with Crippen LogP contribution in [0, 0.1) is 18.3 Å². The number of ether oxygens (including phenoxy) is 1. The number of benzene rings is 2. The fraction of sp³-hybridized carbons (Fsp3) is 0.188. The van der Waals surface area contributed by atoms with Crippen LogP contribution >= 0.6 is 11.6 Å². The second-order valence-electron chi connectivity index (χ2n) is 4.43. The maximum atomic E-state index is 9.15. The van der Waals surface area contributed by atoms with E-state index in [4.69, 9.17) is 21.6 Å². The molecule has 0 aromatic heterocycles. The highest BCUT2D eigenvalue weighted by Gasteiger charge is 2.08. The summed E-state index contributed by atoms with van der Waals surface area (Å²) in [6.45, 7) is 2.54. The third kappa shape index (κ3) is 3.04. The Balaban J connectivity index is 2.22. The fourth-order valence-corrected chi connectivity index (χ4v) is 2.12. The Morgan fingerprint density at radius 1 is 1.30 bits per heavy atom.